The van der Waals surface area contributed by atoms with Crippen LogP contribution in [0, 0.1) is 5.92 Å². The summed E-state index contributed by atoms with van der Waals surface area (Å²) in [6, 6.07) is 5.81. The lowest BCUT2D eigenvalue weighted by molar-refractivity contribution is -0.274. The number of carbonyl (C=O) groups is 1. The lowest BCUT2D eigenvalue weighted by atomic mass is 9.82. The predicted molar refractivity (Wildman–Crippen MR) is 113 cm³/mol. The molecule has 3 aliphatic heterocycles. The molecule has 0 aliphatic carbocycles. The van der Waals surface area contributed by atoms with Gasteiger partial charge in [0.05, 0.1) is 12.6 Å². The lowest BCUT2D eigenvalue weighted by Gasteiger charge is -2.41. The summed E-state index contributed by atoms with van der Waals surface area (Å²) in [7, 11) is 0. The van der Waals surface area contributed by atoms with Crippen LogP contribution in [0.3, 0.4) is 0 Å². The number of carbonyl (C=O) groups excluding carboxylic acids is 1. The highest BCUT2D eigenvalue weighted by atomic mass is 19.4. The van der Waals surface area contributed by atoms with Crippen molar-refractivity contribution in [1.29, 1.82) is 0 Å². The van der Waals surface area contributed by atoms with Crippen molar-refractivity contribution in [2.24, 2.45) is 15.9 Å². The van der Waals surface area contributed by atoms with Gasteiger partial charge in [0.2, 0.25) is 0 Å². The zero-order valence-corrected chi connectivity index (χ0v) is 17.9. The molecule has 3 heterocycles. The Kier molecular flexibility index (Phi) is 6.41. The van der Waals surface area contributed by atoms with Gasteiger partial charge in [-0.25, -0.2) is 9.79 Å². The zero-order chi connectivity index (χ0) is 22.9. The van der Waals surface area contributed by atoms with E-state index in [2.05, 4.69) is 14.7 Å². The van der Waals surface area contributed by atoms with Gasteiger partial charge in [-0.2, -0.15) is 0 Å². The van der Waals surface area contributed by atoms with Crippen molar-refractivity contribution in [2.45, 2.75) is 44.6 Å². The second kappa shape index (κ2) is 9.09. The molecule has 2 saturated heterocycles. The molecule has 1 N–H and O–H groups in total. The van der Waals surface area contributed by atoms with Gasteiger partial charge in [-0.05, 0) is 43.9 Å². The molecule has 0 spiro atoms. The van der Waals surface area contributed by atoms with E-state index in [1.54, 1.807) is 17.0 Å². The summed E-state index contributed by atoms with van der Waals surface area (Å²) >= 11 is 0. The van der Waals surface area contributed by atoms with Gasteiger partial charge < -0.3 is 19.6 Å². The molecule has 0 radical (unpaired) electrons. The zero-order valence-electron chi connectivity index (χ0n) is 17.9. The fourth-order valence-corrected chi connectivity index (χ4v) is 4.63. The van der Waals surface area contributed by atoms with Crippen LogP contribution < -0.4 is 4.74 Å². The molecule has 0 bridgehead atoms. The largest absolute Gasteiger partial charge is 0.573 e. The molecule has 7 nitrogen and oxygen atoms in total. The summed E-state index contributed by atoms with van der Waals surface area (Å²) in [6.07, 6.45) is -3.24. The Bertz CT molecular complexity index is 893. The average molecular weight is 452 g/mol. The first-order chi connectivity index (χ1) is 15.2. The number of hydrogen-bond donors (Lipinski definition) is 1. The molecule has 3 aliphatic rings. The van der Waals surface area contributed by atoms with Crippen molar-refractivity contribution in [1.82, 2.24) is 9.80 Å². The van der Waals surface area contributed by atoms with Crippen LogP contribution in [-0.2, 0) is 0 Å². The van der Waals surface area contributed by atoms with Crippen molar-refractivity contribution >= 4 is 17.6 Å². The number of piperidine rings is 2. The van der Waals surface area contributed by atoms with E-state index in [0.29, 0.717) is 45.6 Å². The number of ether oxygens (including phenoxy) is 1. The van der Waals surface area contributed by atoms with E-state index < -0.39 is 6.36 Å². The minimum atomic E-state index is -4.73. The number of amidine groups is 1. The molecule has 0 aromatic heterocycles. The minimum Gasteiger partial charge on any atom is -0.406 e. The van der Waals surface area contributed by atoms with Crippen molar-refractivity contribution in [2.75, 3.05) is 32.7 Å². The average Bonchev–Trinajstić information content (AvgIpc) is 3.19. The van der Waals surface area contributed by atoms with E-state index in [0.717, 1.165) is 23.5 Å². The van der Waals surface area contributed by atoms with Crippen LogP contribution in [0.2, 0.25) is 0 Å². The van der Waals surface area contributed by atoms with Crippen molar-refractivity contribution in [3.8, 4) is 5.75 Å². The fraction of sp³-hybridized carbons (Fsp3) is 0.591. The monoisotopic (exact) mass is 452 g/mol. The highest BCUT2D eigenvalue weighted by Gasteiger charge is 2.37. The Balaban J connectivity index is 1.52. The number of rotatable bonds is 3. The van der Waals surface area contributed by atoms with Gasteiger partial charge in [-0.1, -0.05) is 12.1 Å². The topological polar surface area (TPSA) is 77.7 Å². The Morgan fingerprint density at radius 3 is 2.34 bits per heavy atom. The molecule has 2 unspecified atom stereocenters. The lowest BCUT2D eigenvalue weighted by Crippen LogP contribution is -2.52. The van der Waals surface area contributed by atoms with Gasteiger partial charge in [-0.3, -0.25) is 4.99 Å². The van der Waals surface area contributed by atoms with Gasteiger partial charge >= 0.3 is 12.4 Å². The molecule has 10 heteroatoms. The molecule has 1 aromatic carbocycles. The standard InChI is InChI=1S/C22H27F3N4O3/c1-14-26-11-20(27-14)17-10-16(15-2-4-19(5-3-15)32-22(23,24)25)12-29(13-17)21(31)28-8-6-18(30)7-9-28/h2-5,16-18,30H,6-13H2,1H3. The number of likely N-dealkylation sites (tertiary alicyclic amines) is 2. The first-order valence-corrected chi connectivity index (χ1v) is 10.8. The normalized spacial score (nSPS) is 24.9. The van der Waals surface area contributed by atoms with Crippen LogP contribution in [0.15, 0.2) is 34.3 Å². The summed E-state index contributed by atoms with van der Waals surface area (Å²) in [4.78, 5) is 25.7. The Morgan fingerprint density at radius 1 is 1.09 bits per heavy atom. The van der Waals surface area contributed by atoms with Crippen LogP contribution in [0.5, 0.6) is 5.75 Å². The summed E-state index contributed by atoms with van der Waals surface area (Å²) < 4.78 is 41.4. The number of aliphatic hydroxyl groups is 1. The van der Waals surface area contributed by atoms with Gasteiger partial charge in [0.25, 0.3) is 0 Å². The van der Waals surface area contributed by atoms with E-state index >= 15 is 0 Å². The molecule has 2 amide bonds. The van der Waals surface area contributed by atoms with E-state index in [-0.39, 0.29) is 29.7 Å². The molecule has 1 aromatic rings. The number of benzene rings is 1. The summed E-state index contributed by atoms with van der Waals surface area (Å²) in [5, 5.41) is 9.75. The van der Waals surface area contributed by atoms with Crippen molar-refractivity contribution < 1.29 is 27.8 Å². The van der Waals surface area contributed by atoms with Crippen LogP contribution in [-0.4, -0.2) is 77.7 Å². The smallest absolute Gasteiger partial charge is 0.406 e. The Labute approximate surface area is 184 Å². The second-order valence-electron chi connectivity index (χ2n) is 8.62. The van der Waals surface area contributed by atoms with E-state index in [1.807, 2.05) is 11.8 Å². The van der Waals surface area contributed by atoms with E-state index in [9.17, 15) is 23.1 Å². The van der Waals surface area contributed by atoms with Gasteiger partial charge in [-0.15, -0.1) is 13.2 Å². The third-order valence-corrected chi connectivity index (χ3v) is 6.29. The maximum atomic E-state index is 13.2. The van der Waals surface area contributed by atoms with Gasteiger partial charge in [0.15, 0.2) is 0 Å². The molecule has 174 valence electrons. The number of hydrogen-bond acceptors (Lipinski definition) is 5. The Hall–Kier alpha value is -2.62. The van der Waals surface area contributed by atoms with Gasteiger partial charge in [0.1, 0.15) is 11.6 Å². The maximum Gasteiger partial charge on any atom is 0.573 e. The van der Waals surface area contributed by atoms with Crippen LogP contribution >= 0.6 is 0 Å². The molecule has 2 fully saturated rings. The number of halogens is 3. The summed E-state index contributed by atoms with van der Waals surface area (Å²) in [5.74, 6) is 0.438. The summed E-state index contributed by atoms with van der Waals surface area (Å²) in [6.45, 7) is 4.39. The number of amides is 2. The predicted octanol–water partition coefficient (Wildman–Crippen LogP) is 3.44. The summed E-state index contributed by atoms with van der Waals surface area (Å²) in [5.41, 5.74) is 1.79. The van der Waals surface area contributed by atoms with Crippen LogP contribution in [0.1, 0.15) is 37.7 Å². The van der Waals surface area contributed by atoms with E-state index in [1.165, 1.54) is 12.1 Å². The second-order valence-corrected chi connectivity index (χ2v) is 8.62. The molecule has 4 rings (SSSR count). The molecular weight excluding hydrogens is 425 g/mol. The number of nitrogens with zero attached hydrogens (tertiary/aromatic N) is 4. The number of aliphatic hydroxyl groups excluding tert-OH is 1. The first kappa shape index (κ1) is 22.6. The third-order valence-electron chi connectivity index (χ3n) is 6.29. The number of alkyl halides is 3. The molecule has 0 saturated carbocycles. The van der Waals surface area contributed by atoms with Gasteiger partial charge in [0, 0.05) is 43.7 Å². The maximum absolute atomic E-state index is 13.2. The number of urea groups is 1. The minimum absolute atomic E-state index is 0.0281. The molecule has 2 atom stereocenters. The quantitative estimate of drug-likeness (QED) is 0.763. The van der Waals surface area contributed by atoms with E-state index in [4.69, 9.17) is 0 Å². The molecule has 32 heavy (non-hydrogen) atoms. The Morgan fingerprint density at radius 2 is 1.75 bits per heavy atom. The number of aliphatic imine (C=N–C) groups is 2. The highest BCUT2D eigenvalue weighted by molar-refractivity contribution is 6.04. The van der Waals surface area contributed by atoms with Crippen LogP contribution in [0.25, 0.3) is 0 Å². The third kappa shape index (κ3) is 5.40. The SMILES string of the molecule is CC1=NCC(C2CC(c3ccc(OC(F)(F)F)cc3)CN(C(=O)N3CCC(O)CC3)C2)=N1. The molecular formula is C22H27F3N4O3. The van der Waals surface area contributed by atoms with Crippen molar-refractivity contribution in [3.63, 3.8) is 0 Å². The van der Waals surface area contributed by atoms with Crippen molar-refractivity contribution in [3.05, 3.63) is 29.8 Å². The highest BCUT2D eigenvalue weighted by Crippen LogP contribution is 2.34. The van der Waals surface area contributed by atoms with Crippen LogP contribution in [0.4, 0.5) is 18.0 Å². The fourth-order valence-electron chi connectivity index (χ4n) is 4.63. The first-order valence-electron chi connectivity index (χ1n) is 10.8.